The molecule has 0 aliphatic carbocycles. The van der Waals surface area contributed by atoms with Crippen LogP contribution in [0.5, 0.6) is 0 Å². The molecule has 0 aliphatic rings. The summed E-state index contributed by atoms with van der Waals surface area (Å²) < 4.78 is 1.00. The zero-order valence-electron chi connectivity index (χ0n) is 8.71. The predicted octanol–water partition coefficient (Wildman–Crippen LogP) is 2.38. The maximum atomic E-state index is 10.7. The number of aromatic amines is 1. The van der Waals surface area contributed by atoms with Crippen LogP contribution in [0.4, 0.5) is 0 Å². The fourth-order valence-electron chi connectivity index (χ4n) is 1.70. The Balaban J connectivity index is 2.45. The van der Waals surface area contributed by atoms with Crippen molar-refractivity contribution in [3.63, 3.8) is 0 Å². The smallest absolute Gasteiger partial charge is 0.320 e. The van der Waals surface area contributed by atoms with E-state index < -0.39 is 12.0 Å². The molecular formula is C11H10ClIN2O2. The van der Waals surface area contributed by atoms with Gasteiger partial charge in [0.2, 0.25) is 0 Å². The summed E-state index contributed by atoms with van der Waals surface area (Å²) >= 11 is 8.26. The first kappa shape index (κ1) is 12.7. The van der Waals surface area contributed by atoms with E-state index >= 15 is 0 Å². The van der Waals surface area contributed by atoms with Gasteiger partial charge in [0.15, 0.2) is 0 Å². The molecule has 0 radical (unpaired) electrons. The summed E-state index contributed by atoms with van der Waals surface area (Å²) in [7, 11) is 0. The highest BCUT2D eigenvalue weighted by Crippen LogP contribution is 2.28. The average Bonchev–Trinajstić information content (AvgIpc) is 2.61. The highest BCUT2D eigenvalue weighted by atomic mass is 127. The third-order valence-corrected chi connectivity index (χ3v) is 3.47. The largest absolute Gasteiger partial charge is 0.480 e. The number of H-pyrrole nitrogens is 1. The number of nitrogens with one attached hydrogen (secondary N) is 1. The van der Waals surface area contributed by atoms with E-state index in [1.165, 1.54) is 0 Å². The summed E-state index contributed by atoms with van der Waals surface area (Å²) in [5.41, 5.74) is 7.22. The van der Waals surface area contributed by atoms with Gasteiger partial charge in [-0.05, 0) is 40.3 Å². The van der Waals surface area contributed by atoms with Gasteiger partial charge in [0, 0.05) is 21.6 Å². The topological polar surface area (TPSA) is 79.1 Å². The van der Waals surface area contributed by atoms with Crippen molar-refractivity contribution >= 4 is 51.1 Å². The molecule has 0 saturated carbocycles. The zero-order valence-corrected chi connectivity index (χ0v) is 11.6. The summed E-state index contributed by atoms with van der Waals surface area (Å²) in [6, 6.07) is 2.91. The summed E-state index contributed by atoms with van der Waals surface area (Å²) in [5, 5.41) is 10.4. The molecule has 0 unspecified atom stereocenters. The van der Waals surface area contributed by atoms with Gasteiger partial charge in [0.1, 0.15) is 6.04 Å². The first-order valence-electron chi connectivity index (χ1n) is 4.92. The molecule has 0 aliphatic heterocycles. The summed E-state index contributed by atoms with van der Waals surface area (Å²) in [4.78, 5) is 13.8. The third-order valence-electron chi connectivity index (χ3n) is 2.55. The molecule has 0 spiro atoms. The van der Waals surface area contributed by atoms with Crippen molar-refractivity contribution in [1.82, 2.24) is 4.98 Å². The number of aliphatic carboxylic acids is 1. The van der Waals surface area contributed by atoms with E-state index in [4.69, 9.17) is 22.4 Å². The van der Waals surface area contributed by atoms with Crippen LogP contribution in [0.15, 0.2) is 18.3 Å². The first-order chi connectivity index (χ1) is 7.99. The molecule has 6 heteroatoms. The van der Waals surface area contributed by atoms with Crippen LogP contribution < -0.4 is 5.73 Å². The summed E-state index contributed by atoms with van der Waals surface area (Å²) in [5.74, 6) is -1.00. The van der Waals surface area contributed by atoms with Gasteiger partial charge in [-0.25, -0.2) is 0 Å². The van der Waals surface area contributed by atoms with E-state index in [0.29, 0.717) is 5.02 Å². The molecule has 2 aromatic rings. The van der Waals surface area contributed by atoms with Gasteiger partial charge < -0.3 is 15.8 Å². The molecule has 1 atom stereocenters. The number of halogens is 2. The second kappa shape index (κ2) is 4.83. The van der Waals surface area contributed by atoms with Crippen molar-refractivity contribution in [2.24, 2.45) is 5.73 Å². The van der Waals surface area contributed by atoms with Crippen LogP contribution in [0.1, 0.15) is 5.56 Å². The number of hydrogen-bond donors (Lipinski definition) is 3. The number of rotatable bonds is 3. The van der Waals surface area contributed by atoms with Crippen LogP contribution >= 0.6 is 34.2 Å². The van der Waals surface area contributed by atoms with Gasteiger partial charge in [-0.15, -0.1) is 0 Å². The lowest BCUT2D eigenvalue weighted by Crippen LogP contribution is -2.32. The molecule has 17 heavy (non-hydrogen) atoms. The van der Waals surface area contributed by atoms with Crippen LogP contribution in [0.3, 0.4) is 0 Å². The Morgan fingerprint density at radius 3 is 2.94 bits per heavy atom. The number of hydrogen-bond acceptors (Lipinski definition) is 2. The molecule has 4 nitrogen and oxygen atoms in total. The molecule has 2 rings (SSSR count). The predicted molar refractivity (Wildman–Crippen MR) is 75.3 cm³/mol. The normalized spacial score (nSPS) is 12.9. The lowest BCUT2D eigenvalue weighted by molar-refractivity contribution is -0.138. The molecule has 0 amide bonds. The Labute approximate surface area is 116 Å². The van der Waals surface area contributed by atoms with Gasteiger partial charge in [0.05, 0.1) is 10.5 Å². The highest BCUT2D eigenvalue weighted by molar-refractivity contribution is 14.1. The van der Waals surface area contributed by atoms with E-state index in [1.807, 2.05) is 12.1 Å². The van der Waals surface area contributed by atoms with Gasteiger partial charge in [0.25, 0.3) is 0 Å². The number of benzene rings is 1. The monoisotopic (exact) mass is 364 g/mol. The van der Waals surface area contributed by atoms with Crippen molar-refractivity contribution in [3.8, 4) is 0 Å². The Morgan fingerprint density at radius 1 is 1.59 bits per heavy atom. The molecule has 1 heterocycles. The van der Waals surface area contributed by atoms with Crippen molar-refractivity contribution in [3.05, 3.63) is 32.5 Å². The second-order valence-corrected chi connectivity index (χ2v) is 5.43. The molecular weight excluding hydrogens is 354 g/mol. The van der Waals surface area contributed by atoms with Crippen molar-refractivity contribution in [2.75, 3.05) is 0 Å². The van der Waals surface area contributed by atoms with E-state index in [2.05, 4.69) is 27.6 Å². The quantitative estimate of drug-likeness (QED) is 0.732. The van der Waals surface area contributed by atoms with Gasteiger partial charge >= 0.3 is 5.97 Å². The van der Waals surface area contributed by atoms with E-state index in [0.717, 1.165) is 20.0 Å². The molecule has 0 saturated heterocycles. The van der Waals surface area contributed by atoms with Gasteiger partial charge in [-0.2, -0.15) is 0 Å². The standard InChI is InChI=1S/C11H10ClIN2O2/c12-8-3-6(13)2-7-5(4-15-10(7)8)1-9(14)11(16)17/h2-4,9,15H,1,14H2,(H,16,17)/t9-/m0/s1. The number of carbonyl (C=O) groups is 1. The Hall–Kier alpha value is -0.790. The SMILES string of the molecule is N[C@@H](Cc1c[nH]c2c(Cl)cc(I)cc12)C(=O)O. The number of aromatic nitrogens is 1. The Bertz CT molecular complexity index is 582. The highest BCUT2D eigenvalue weighted by Gasteiger charge is 2.15. The number of nitrogens with two attached hydrogens (primary N) is 1. The fraction of sp³-hybridized carbons (Fsp3) is 0.182. The Kier molecular flexibility index (Phi) is 3.60. The minimum atomic E-state index is -1.00. The molecule has 4 N–H and O–H groups in total. The molecule has 1 aromatic carbocycles. The molecule has 0 fully saturated rings. The summed E-state index contributed by atoms with van der Waals surface area (Å²) in [6.45, 7) is 0. The van der Waals surface area contributed by atoms with E-state index in [1.54, 1.807) is 6.20 Å². The van der Waals surface area contributed by atoms with Crippen molar-refractivity contribution in [1.29, 1.82) is 0 Å². The first-order valence-corrected chi connectivity index (χ1v) is 6.38. The van der Waals surface area contributed by atoms with Crippen LogP contribution in [-0.4, -0.2) is 22.1 Å². The maximum absolute atomic E-state index is 10.7. The number of carboxylic acids is 1. The van der Waals surface area contributed by atoms with Crippen molar-refractivity contribution in [2.45, 2.75) is 12.5 Å². The van der Waals surface area contributed by atoms with E-state index in [-0.39, 0.29) is 6.42 Å². The second-order valence-electron chi connectivity index (χ2n) is 3.77. The van der Waals surface area contributed by atoms with Gasteiger partial charge in [-0.3, -0.25) is 4.79 Å². The van der Waals surface area contributed by atoms with E-state index in [9.17, 15) is 4.79 Å². The molecule has 0 bridgehead atoms. The third kappa shape index (κ3) is 2.56. The van der Waals surface area contributed by atoms with Crippen LogP contribution in [-0.2, 0) is 11.2 Å². The molecule has 90 valence electrons. The minimum absolute atomic E-state index is 0.283. The minimum Gasteiger partial charge on any atom is -0.480 e. The Morgan fingerprint density at radius 2 is 2.29 bits per heavy atom. The van der Waals surface area contributed by atoms with Gasteiger partial charge in [-0.1, -0.05) is 11.6 Å². The summed E-state index contributed by atoms with van der Waals surface area (Å²) in [6.07, 6.45) is 2.04. The van der Waals surface area contributed by atoms with Crippen molar-refractivity contribution < 1.29 is 9.90 Å². The number of fused-ring (bicyclic) bond motifs is 1. The maximum Gasteiger partial charge on any atom is 0.320 e. The lowest BCUT2D eigenvalue weighted by atomic mass is 10.1. The fourth-order valence-corrected chi connectivity index (χ4v) is 2.78. The number of carboxylic acid groups (broad SMARTS) is 1. The lowest BCUT2D eigenvalue weighted by Gasteiger charge is -2.05. The average molecular weight is 365 g/mol. The molecule has 1 aromatic heterocycles. The van der Waals surface area contributed by atoms with Crippen LogP contribution in [0, 0.1) is 3.57 Å². The zero-order chi connectivity index (χ0) is 12.6. The van der Waals surface area contributed by atoms with Crippen LogP contribution in [0.2, 0.25) is 5.02 Å². The van der Waals surface area contributed by atoms with Crippen LogP contribution in [0.25, 0.3) is 10.9 Å².